The minimum Gasteiger partial charge on any atom is -0.326 e. The number of nitrogens with one attached hydrogen (secondary N) is 1. The van der Waals surface area contributed by atoms with Gasteiger partial charge in [0.2, 0.25) is 5.91 Å². The highest BCUT2D eigenvalue weighted by Gasteiger charge is 2.10. The number of aromatic nitrogens is 1. The average Bonchev–Trinajstić information content (AvgIpc) is 3.06. The van der Waals surface area contributed by atoms with E-state index in [4.69, 9.17) is 0 Å². The van der Waals surface area contributed by atoms with E-state index < -0.39 is 0 Å². The van der Waals surface area contributed by atoms with E-state index in [1.54, 1.807) is 23.1 Å². The lowest BCUT2D eigenvalue weighted by Gasteiger charge is -2.06. The monoisotopic (exact) mass is 460 g/mol. The van der Waals surface area contributed by atoms with Gasteiger partial charge in [-0.05, 0) is 55.7 Å². The van der Waals surface area contributed by atoms with Crippen LogP contribution in [-0.4, -0.2) is 10.9 Å². The summed E-state index contributed by atoms with van der Waals surface area (Å²) in [5.74, 6) is 0.846. The maximum absolute atomic E-state index is 12.3. The minimum absolute atomic E-state index is 0.0481. The Morgan fingerprint density at radius 3 is 2.74 bits per heavy atom. The lowest BCUT2D eigenvalue weighted by molar-refractivity contribution is -0.115. The number of anilines is 1. The van der Waals surface area contributed by atoms with Crippen LogP contribution in [0.1, 0.15) is 27.9 Å². The molecule has 0 atom stereocenters. The first-order chi connectivity index (χ1) is 12.9. The summed E-state index contributed by atoms with van der Waals surface area (Å²) in [6.45, 7) is 6.25. The molecule has 1 amide bonds. The van der Waals surface area contributed by atoms with Crippen LogP contribution < -0.4 is 5.32 Å². The summed E-state index contributed by atoms with van der Waals surface area (Å²) in [5, 5.41) is 4.91. The second-order valence-corrected chi connectivity index (χ2v) is 9.45. The molecule has 0 aliphatic rings. The summed E-state index contributed by atoms with van der Waals surface area (Å²) in [5.41, 5.74) is 6.62. The number of rotatable bonds is 6. The molecule has 1 N–H and O–H groups in total. The zero-order valence-electron chi connectivity index (χ0n) is 15.5. The molecular weight excluding hydrogens is 440 g/mol. The maximum Gasteiger partial charge on any atom is 0.230 e. The van der Waals surface area contributed by atoms with Gasteiger partial charge in [-0.15, -0.1) is 11.3 Å². The number of hydrogen-bond acceptors (Lipinski definition) is 4. The van der Waals surface area contributed by atoms with Crippen molar-refractivity contribution < 1.29 is 4.79 Å². The summed E-state index contributed by atoms with van der Waals surface area (Å²) in [4.78, 5) is 16.9. The van der Waals surface area contributed by atoms with Gasteiger partial charge in [0.25, 0.3) is 0 Å². The van der Waals surface area contributed by atoms with Crippen LogP contribution >= 0.6 is 39.0 Å². The third kappa shape index (κ3) is 5.67. The molecule has 3 rings (SSSR count). The molecule has 0 bridgehead atoms. The van der Waals surface area contributed by atoms with E-state index in [-0.39, 0.29) is 12.3 Å². The number of halogens is 1. The van der Waals surface area contributed by atoms with Crippen LogP contribution in [-0.2, 0) is 17.0 Å². The van der Waals surface area contributed by atoms with Crippen LogP contribution in [0.25, 0.3) is 0 Å². The van der Waals surface area contributed by atoms with E-state index in [1.807, 2.05) is 30.5 Å². The quantitative estimate of drug-likeness (QED) is 0.438. The summed E-state index contributed by atoms with van der Waals surface area (Å²) >= 11 is 6.79. The summed E-state index contributed by atoms with van der Waals surface area (Å²) in [6, 6.07) is 12.3. The maximum atomic E-state index is 12.3. The van der Waals surface area contributed by atoms with Crippen LogP contribution in [0, 0.1) is 20.8 Å². The summed E-state index contributed by atoms with van der Waals surface area (Å²) in [6.07, 6.45) is 0.287. The lowest BCUT2D eigenvalue weighted by atomic mass is 10.1. The zero-order chi connectivity index (χ0) is 19.4. The first-order valence-corrected chi connectivity index (χ1v) is 11.3. The molecule has 0 saturated carbocycles. The van der Waals surface area contributed by atoms with Gasteiger partial charge in [0.15, 0.2) is 0 Å². The van der Waals surface area contributed by atoms with Gasteiger partial charge in [-0.1, -0.05) is 51.5 Å². The van der Waals surface area contributed by atoms with Gasteiger partial charge in [-0.25, -0.2) is 4.98 Å². The van der Waals surface area contributed by atoms with Crippen molar-refractivity contribution in [1.29, 1.82) is 0 Å². The van der Waals surface area contributed by atoms with E-state index in [0.29, 0.717) is 0 Å². The van der Waals surface area contributed by atoms with Crippen LogP contribution in [0.3, 0.4) is 0 Å². The van der Waals surface area contributed by atoms with Gasteiger partial charge in [0.05, 0.1) is 12.1 Å². The van der Waals surface area contributed by atoms with Crippen molar-refractivity contribution in [2.24, 2.45) is 0 Å². The highest BCUT2D eigenvalue weighted by molar-refractivity contribution is 9.10. The molecule has 0 fully saturated rings. The molecule has 0 saturated heterocycles. The molecule has 0 aliphatic carbocycles. The number of thioether (sulfide) groups is 1. The van der Waals surface area contributed by atoms with Crippen LogP contribution in [0.4, 0.5) is 5.69 Å². The fraction of sp³-hybridized carbons (Fsp3) is 0.238. The van der Waals surface area contributed by atoms with Gasteiger partial charge >= 0.3 is 0 Å². The van der Waals surface area contributed by atoms with E-state index >= 15 is 0 Å². The predicted octanol–water partition coefficient (Wildman–Crippen LogP) is 6.30. The molecule has 27 heavy (non-hydrogen) atoms. The Kier molecular flexibility index (Phi) is 6.73. The average molecular weight is 461 g/mol. The SMILES string of the molecule is Cc1ccc(C)c(CSc2nc(CC(=O)Nc3ccc(Br)c(C)c3)cs2)c1. The van der Waals surface area contributed by atoms with Crippen molar-refractivity contribution in [2.75, 3.05) is 5.32 Å². The Bertz CT molecular complexity index is 969. The third-order valence-electron chi connectivity index (χ3n) is 4.17. The van der Waals surface area contributed by atoms with Gasteiger partial charge in [-0.2, -0.15) is 0 Å². The first-order valence-electron chi connectivity index (χ1n) is 8.60. The number of carbonyl (C=O) groups is 1. The van der Waals surface area contributed by atoms with Crippen molar-refractivity contribution in [3.63, 3.8) is 0 Å². The molecule has 2 aromatic carbocycles. The van der Waals surface area contributed by atoms with Crippen LogP contribution in [0.5, 0.6) is 0 Å². The molecule has 0 radical (unpaired) electrons. The lowest BCUT2D eigenvalue weighted by Crippen LogP contribution is -2.14. The first kappa shape index (κ1) is 20.1. The molecule has 3 nitrogen and oxygen atoms in total. The Morgan fingerprint density at radius 1 is 1.15 bits per heavy atom. The van der Waals surface area contributed by atoms with E-state index in [9.17, 15) is 4.79 Å². The van der Waals surface area contributed by atoms with Gasteiger partial charge in [-0.3, -0.25) is 4.79 Å². The second-order valence-electron chi connectivity index (χ2n) is 6.51. The third-order valence-corrected chi connectivity index (χ3v) is 7.18. The second kappa shape index (κ2) is 9.04. The molecule has 0 aliphatic heterocycles. The largest absolute Gasteiger partial charge is 0.326 e. The predicted molar refractivity (Wildman–Crippen MR) is 119 cm³/mol. The number of benzene rings is 2. The molecule has 0 spiro atoms. The van der Waals surface area contributed by atoms with Gasteiger partial charge in [0.1, 0.15) is 4.34 Å². The Balaban J connectivity index is 1.56. The van der Waals surface area contributed by atoms with E-state index in [2.05, 4.69) is 58.3 Å². The van der Waals surface area contributed by atoms with Crippen molar-refractivity contribution in [1.82, 2.24) is 4.98 Å². The molecule has 1 aromatic heterocycles. The Labute approximate surface area is 176 Å². The standard InChI is InChI=1S/C21H21BrN2OS2/c1-13-4-5-14(2)16(8-13)11-26-21-24-18(12-27-21)10-20(25)23-17-6-7-19(22)15(3)9-17/h4-9,12H,10-11H2,1-3H3,(H,23,25). The zero-order valence-corrected chi connectivity index (χ0v) is 18.7. The van der Waals surface area contributed by atoms with Crippen molar-refractivity contribution >= 4 is 50.6 Å². The fourth-order valence-electron chi connectivity index (χ4n) is 2.62. The Morgan fingerprint density at radius 2 is 1.96 bits per heavy atom. The smallest absolute Gasteiger partial charge is 0.230 e. The van der Waals surface area contributed by atoms with Crippen molar-refractivity contribution in [3.05, 3.63) is 74.2 Å². The molecule has 1 heterocycles. The minimum atomic E-state index is -0.0481. The van der Waals surface area contributed by atoms with E-state index in [0.717, 1.165) is 31.5 Å². The number of nitrogens with zero attached hydrogens (tertiary/aromatic N) is 1. The van der Waals surface area contributed by atoms with Crippen LogP contribution in [0.15, 0.2) is 50.6 Å². The van der Waals surface area contributed by atoms with Crippen molar-refractivity contribution in [3.8, 4) is 0 Å². The number of amides is 1. The molecule has 140 valence electrons. The van der Waals surface area contributed by atoms with Gasteiger partial charge in [0, 0.05) is 21.3 Å². The number of carbonyl (C=O) groups excluding carboxylic acids is 1. The number of hydrogen-bond donors (Lipinski definition) is 1. The molecule has 6 heteroatoms. The van der Waals surface area contributed by atoms with Gasteiger partial charge < -0.3 is 5.32 Å². The Hall–Kier alpha value is -1.63. The van der Waals surface area contributed by atoms with E-state index in [1.165, 1.54) is 16.7 Å². The summed E-state index contributed by atoms with van der Waals surface area (Å²) in [7, 11) is 0. The molecule has 3 aromatic rings. The molecular formula is C21H21BrN2OS2. The van der Waals surface area contributed by atoms with Crippen LogP contribution in [0.2, 0.25) is 0 Å². The number of thiazole rings is 1. The van der Waals surface area contributed by atoms with Crippen molar-refractivity contribution in [2.45, 2.75) is 37.3 Å². The highest BCUT2D eigenvalue weighted by atomic mass is 79.9. The number of aryl methyl sites for hydroxylation is 3. The summed E-state index contributed by atoms with van der Waals surface area (Å²) < 4.78 is 2.03. The fourth-order valence-corrected chi connectivity index (χ4v) is 4.78. The highest BCUT2D eigenvalue weighted by Crippen LogP contribution is 2.28. The topological polar surface area (TPSA) is 42.0 Å². The molecule has 0 unspecified atom stereocenters. The normalized spacial score (nSPS) is 10.8.